The highest BCUT2D eigenvalue weighted by atomic mass is 31.0. The lowest BCUT2D eigenvalue weighted by atomic mass is 9.89. The number of fused-ring (bicyclic) bond motifs is 3. The van der Waals surface area contributed by atoms with Gasteiger partial charge in [0.05, 0.1) is 17.5 Å². The van der Waals surface area contributed by atoms with Gasteiger partial charge in [0.2, 0.25) is 11.3 Å². The standard InChI is InChI=1S/C25H26BF3N3O3P/c1-24(27,36)15-3-2-4-18-21(15)22(34)14(11-30-18)23(35)31-17-7-5-12(9-16(17)25(26,28)29)32-13-6-8-19(32)20(33)10-13/h2-5,7,9,11,13,19-20,33H,6,8,10,26,36H2,1H3,(H,30,34)(H,31,35). The van der Waals surface area contributed by atoms with E-state index in [9.17, 15) is 27.9 Å². The van der Waals surface area contributed by atoms with Gasteiger partial charge in [-0.15, -0.1) is 0 Å². The second-order valence-corrected chi connectivity index (χ2v) is 11.0. The number of aromatic nitrogens is 1. The number of aromatic amines is 1. The Labute approximate surface area is 208 Å². The number of H-pyrrole nitrogens is 1. The van der Waals surface area contributed by atoms with Gasteiger partial charge in [-0.3, -0.25) is 9.59 Å². The summed E-state index contributed by atoms with van der Waals surface area (Å²) in [6, 6.07) is 9.00. The first kappa shape index (κ1) is 24.8. The van der Waals surface area contributed by atoms with Crippen molar-refractivity contribution in [2.24, 2.45) is 0 Å². The van der Waals surface area contributed by atoms with Crippen LogP contribution in [-0.2, 0) is 11.2 Å². The van der Waals surface area contributed by atoms with E-state index < -0.39 is 34.2 Å². The van der Waals surface area contributed by atoms with Crippen LogP contribution in [0.25, 0.3) is 10.9 Å². The van der Waals surface area contributed by atoms with Crippen molar-refractivity contribution < 1.29 is 23.1 Å². The highest BCUT2D eigenvalue weighted by molar-refractivity contribution is 7.18. The van der Waals surface area contributed by atoms with E-state index in [-0.39, 0.29) is 34.3 Å². The summed E-state index contributed by atoms with van der Waals surface area (Å²) >= 11 is 0. The van der Waals surface area contributed by atoms with E-state index in [1.807, 2.05) is 14.1 Å². The number of hydrogen-bond acceptors (Lipinski definition) is 4. The lowest BCUT2D eigenvalue weighted by molar-refractivity contribution is 0.0945. The Balaban J connectivity index is 1.52. The molecule has 5 unspecified atom stereocenters. The molecule has 0 aliphatic carbocycles. The Morgan fingerprint density at radius 1 is 1.22 bits per heavy atom. The number of alkyl halides is 3. The summed E-state index contributed by atoms with van der Waals surface area (Å²) in [5.41, 5.74) is -0.539. The van der Waals surface area contributed by atoms with E-state index in [0.717, 1.165) is 20.7 Å². The molecule has 5 atom stereocenters. The molecular weight excluding hydrogens is 489 g/mol. The zero-order chi connectivity index (χ0) is 26.0. The zero-order valence-electron chi connectivity index (χ0n) is 19.8. The van der Waals surface area contributed by atoms with Crippen molar-refractivity contribution in [3.05, 3.63) is 69.5 Å². The molecule has 2 fully saturated rings. The van der Waals surface area contributed by atoms with E-state index in [2.05, 4.69) is 10.3 Å². The van der Waals surface area contributed by atoms with Gasteiger partial charge in [-0.25, -0.2) is 13.2 Å². The van der Waals surface area contributed by atoms with Crippen LogP contribution in [0.1, 0.15) is 47.7 Å². The number of benzene rings is 2. The van der Waals surface area contributed by atoms with Gasteiger partial charge in [-0.1, -0.05) is 21.4 Å². The fourth-order valence-corrected chi connectivity index (χ4v) is 5.80. The molecule has 5 rings (SSSR count). The van der Waals surface area contributed by atoms with Crippen molar-refractivity contribution in [2.75, 3.05) is 10.2 Å². The number of carbonyl (C=O) groups is 1. The second kappa shape index (κ2) is 8.63. The van der Waals surface area contributed by atoms with Crippen molar-refractivity contribution in [3.8, 4) is 0 Å². The number of nitrogens with one attached hydrogen (secondary N) is 2. The Hall–Kier alpha value is -2.84. The maximum atomic E-state index is 14.8. The van der Waals surface area contributed by atoms with E-state index in [4.69, 9.17) is 0 Å². The number of amides is 1. The SMILES string of the molecule is BC(F)(F)c1cc(N2C3CCC2C(O)C3)ccc1NC(=O)c1c[nH]c2cccc(C(C)(F)P)c2c1=O. The third kappa shape index (κ3) is 4.20. The highest BCUT2D eigenvalue weighted by Crippen LogP contribution is 2.43. The molecule has 0 saturated carbocycles. The van der Waals surface area contributed by atoms with Crippen LogP contribution >= 0.6 is 9.24 Å². The van der Waals surface area contributed by atoms with Crippen LogP contribution in [0.4, 0.5) is 24.5 Å². The fraction of sp³-hybridized carbons (Fsp3) is 0.360. The number of nitrogens with zero attached hydrogens (tertiary/aromatic N) is 1. The van der Waals surface area contributed by atoms with Gasteiger partial charge in [0.25, 0.3) is 5.91 Å². The van der Waals surface area contributed by atoms with E-state index in [1.165, 1.54) is 31.3 Å². The summed E-state index contributed by atoms with van der Waals surface area (Å²) in [5, 5.41) is 10.8. The van der Waals surface area contributed by atoms with Gasteiger partial charge in [0, 0.05) is 40.3 Å². The largest absolute Gasteiger partial charge is 0.391 e. The third-order valence-electron chi connectivity index (χ3n) is 7.21. The van der Waals surface area contributed by atoms with Crippen molar-refractivity contribution in [1.29, 1.82) is 0 Å². The van der Waals surface area contributed by atoms with Gasteiger partial charge in [0.1, 0.15) is 11.0 Å². The lowest BCUT2D eigenvalue weighted by Crippen LogP contribution is -2.32. The van der Waals surface area contributed by atoms with Crippen LogP contribution in [0.3, 0.4) is 0 Å². The predicted molar refractivity (Wildman–Crippen MR) is 139 cm³/mol. The summed E-state index contributed by atoms with van der Waals surface area (Å²) < 4.78 is 44.1. The minimum Gasteiger partial charge on any atom is -0.391 e. The average molecular weight is 515 g/mol. The van der Waals surface area contributed by atoms with Crippen LogP contribution < -0.4 is 15.6 Å². The van der Waals surface area contributed by atoms with E-state index in [1.54, 1.807) is 18.2 Å². The molecule has 1 amide bonds. The molecule has 3 heterocycles. The monoisotopic (exact) mass is 515 g/mol. The van der Waals surface area contributed by atoms with Crippen molar-refractivity contribution in [1.82, 2.24) is 4.98 Å². The van der Waals surface area contributed by atoms with Gasteiger partial charge >= 0.3 is 0 Å². The number of aliphatic hydroxyl groups is 1. The molecule has 2 bridgehead atoms. The molecule has 2 aliphatic rings. The van der Waals surface area contributed by atoms with Crippen LogP contribution in [0.2, 0.25) is 0 Å². The quantitative estimate of drug-likeness (QED) is 0.359. The number of hydrogen-bond donors (Lipinski definition) is 3. The first-order valence-corrected chi connectivity index (χ1v) is 12.4. The molecule has 188 valence electrons. The van der Waals surface area contributed by atoms with Crippen LogP contribution in [-0.4, -0.2) is 42.0 Å². The average Bonchev–Trinajstić information content (AvgIpc) is 3.34. The Morgan fingerprint density at radius 2 is 1.97 bits per heavy atom. The normalized spacial score (nSPS) is 23.2. The number of anilines is 2. The van der Waals surface area contributed by atoms with Gasteiger partial charge < -0.3 is 20.3 Å². The maximum absolute atomic E-state index is 14.8. The van der Waals surface area contributed by atoms with E-state index in [0.29, 0.717) is 17.6 Å². The summed E-state index contributed by atoms with van der Waals surface area (Å²) in [4.78, 5) is 31.1. The minimum atomic E-state index is -3.28. The van der Waals surface area contributed by atoms with Crippen molar-refractivity contribution >= 4 is 45.3 Å². The molecule has 3 N–H and O–H groups in total. The van der Waals surface area contributed by atoms with Crippen molar-refractivity contribution in [3.63, 3.8) is 0 Å². The number of pyridine rings is 1. The maximum Gasteiger partial charge on any atom is 0.261 e. The number of carbonyl (C=O) groups excluding carboxylic acids is 1. The third-order valence-corrected chi connectivity index (χ3v) is 7.52. The van der Waals surface area contributed by atoms with Crippen LogP contribution in [0.5, 0.6) is 0 Å². The number of aliphatic hydroxyl groups excluding tert-OH is 1. The van der Waals surface area contributed by atoms with Crippen LogP contribution in [0, 0.1) is 0 Å². The lowest BCUT2D eigenvalue weighted by Gasteiger charge is -2.27. The minimum absolute atomic E-state index is 0.0182. The predicted octanol–water partition coefficient (Wildman–Crippen LogP) is 3.58. The Bertz CT molecular complexity index is 1420. The molecular formula is C25H26BF3N3O3P. The number of rotatable bonds is 5. The molecule has 2 saturated heterocycles. The fourth-order valence-electron chi connectivity index (χ4n) is 5.56. The molecule has 0 spiro atoms. The Kier molecular flexibility index (Phi) is 5.96. The first-order chi connectivity index (χ1) is 16.9. The van der Waals surface area contributed by atoms with Gasteiger partial charge in [0.15, 0.2) is 7.85 Å². The molecule has 36 heavy (non-hydrogen) atoms. The summed E-state index contributed by atoms with van der Waals surface area (Å²) in [6.45, 7) is 1.28. The summed E-state index contributed by atoms with van der Waals surface area (Å²) in [5.74, 6) is -4.17. The summed E-state index contributed by atoms with van der Waals surface area (Å²) in [6.07, 6.45) is 2.99. The molecule has 1 aromatic heterocycles. The van der Waals surface area contributed by atoms with Gasteiger partial charge in [-0.2, -0.15) is 0 Å². The molecule has 2 aromatic carbocycles. The molecule has 2 aliphatic heterocycles. The summed E-state index contributed by atoms with van der Waals surface area (Å²) in [7, 11) is 2.77. The number of halogens is 3. The first-order valence-electron chi connectivity index (χ1n) is 11.8. The van der Waals surface area contributed by atoms with E-state index >= 15 is 0 Å². The molecule has 6 nitrogen and oxygen atoms in total. The van der Waals surface area contributed by atoms with Crippen molar-refractivity contribution in [2.45, 2.75) is 55.6 Å². The molecule has 3 aromatic rings. The second-order valence-electron chi connectivity index (χ2n) is 9.92. The zero-order valence-corrected chi connectivity index (χ0v) is 21.0. The molecule has 11 heteroatoms. The Morgan fingerprint density at radius 3 is 2.58 bits per heavy atom. The smallest absolute Gasteiger partial charge is 0.261 e. The van der Waals surface area contributed by atoms with Gasteiger partial charge in [-0.05, 0) is 50.5 Å². The van der Waals surface area contributed by atoms with Crippen LogP contribution in [0.15, 0.2) is 47.4 Å². The molecule has 0 radical (unpaired) electrons. The highest BCUT2D eigenvalue weighted by Gasteiger charge is 2.46. The topological polar surface area (TPSA) is 85.4 Å².